The molecule has 20 rings (SSSR count). The molecular formula is C98H60N6. The van der Waals surface area contributed by atoms with E-state index in [2.05, 4.69) is 314 Å². The lowest BCUT2D eigenvalue weighted by Gasteiger charge is -2.17. The van der Waals surface area contributed by atoms with Gasteiger partial charge in [-0.05, 0) is 164 Å². The molecular weight excluding hydrogens is 1260 g/mol. The average molecular weight is 1320 g/mol. The van der Waals surface area contributed by atoms with E-state index in [1.807, 2.05) is 48.9 Å². The van der Waals surface area contributed by atoms with Gasteiger partial charge in [-0.15, -0.1) is 0 Å². The molecule has 0 atom stereocenters. The van der Waals surface area contributed by atoms with E-state index >= 15 is 0 Å². The lowest BCUT2D eigenvalue weighted by molar-refractivity contribution is 1.18. The molecule has 0 spiro atoms. The first-order valence-electron chi connectivity index (χ1n) is 35.3. The second-order valence-corrected chi connectivity index (χ2v) is 26.8. The summed E-state index contributed by atoms with van der Waals surface area (Å²) in [7, 11) is 0. The quantitative estimate of drug-likeness (QED) is 0.114. The summed E-state index contributed by atoms with van der Waals surface area (Å²) in [6.45, 7) is 0. The van der Waals surface area contributed by atoms with Crippen molar-refractivity contribution in [2.45, 2.75) is 0 Å². The predicted octanol–water partition coefficient (Wildman–Crippen LogP) is 25.3. The van der Waals surface area contributed by atoms with Gasteiger partial charge in [0, 0.05) is 74.9 Å². The highest BCUT2D eigenvalue weighted by molar-refractivity contribution is 6.20. The van der Waals surface area contributed by atoms with Crippen LogP contribution in [0.15, 0.2) is 365 Å². The van der Waals surface area contributed by atoms with Crippen LogP contribution in [0.25, 0.3) is 212 Å². The maximum absolute atomic E-state index is 5.45. The number of aromatic nitrogens is 6. The Kier molecular flexibility index (Phi) is 14.5. The maximum Gasteiger partial charge on any atom is 0.160 e. The number of hydrogen-bond acceptors (Lipinski definition) is 6. The molecule has 0 bridgehead atoms. The lowest BCUT2D eigenvalue weighted by atomic mass is 9.89. The SMILES string of the molecule is c1ccc(-c2nc(-c3ccc(-c4ccc(-c5ccc6c7c(cccc57)-c5ccccc5-6)cc4)cc3)cc(-c3cccc(-c4cccc(-c5nc(-c6ccc(-c7ccc(-c8ccc9c%10c(cccc8%10)-c8ccccc8-9)cc7)cc6)cc(-c6cccc(-c7cccnc7)c6)n5)c4)c3-c3cccnc3)n2)cc1. The van der Waals surface area contributed by atoms with Crippen molar-refractivity contribution in [2.75, 3.05) is 0 Å². The zero-order valence-electron chi connectivity index (χ0n) is 56.3. The molecule has 0 saturated carbocycles. The van der Waals surface area contributed by atoms with E-state index < -0.39 is 0 Å². The van der Waals surface area contributed by atoms with Gasteiger partial charge in [-0.1, -0.05) is 303 Å². The molecule has 482 valence electrons. The fourth-order valence-electron chi connectivity index (χ4n) is 15.8. The minimum atomic E-state index is 0.604. The Morgan fingerprint density at radius 1 is 0.163 bits per heavy atom. The highest BCUT2D eigenvalue weighted by Crippen LogP contribution is 2.52. The number of pyridine rings is 2. The molecule has 6 heteroatoms. The number of rotatable bonds is 13. The van der Waals surface area contributed by atoms with Crippen LogP contribution in [0, 0.1) is 0 Å². The number of fused-ring (bicyclic) bond motifs is 6. The van der Waals surface area contributed by atoms with Gasteiger partial charge < -0.3 is 0 Å². The van der Waals surface area contributed by atoms with E-state index in [1.165, 1.54) is 88.3 Å². The molecule has 2 aliphatic carbocycles. The Hall–Kier alpha value is -13.9. The molecule has 0 unspecified atom stereocenters. The van der Waals surface area contributed by atoms with Crippen molar-refractivity contribution >= 4 is 21.5 Å². The Morgan fingerprint density at radius 2 is 0.510 bits per heavy atom. The summed E-state index contributed by atoms with van der Waals surface area (Å²) < 4.78 is 0. The third-order valence-electron chi connectivity index (χ3n) is 20.9. The van der Waals surface area contributed by atoms with Gasteiger partial charge in [-0.25, -0.2) is 19.9 Å². The first-order valence-corrected chi connectivity index (χ1v) is 35.3. The predicted molar refractivity (Wildman–Crippen MR) is 428 cm³/mol. The molecule has 0 fully saturated rings. The summed E-state index contributed by atoms with van der Waals surface area (Å²) in [5.41, 5.74) is 34.7. The van der Waals surface area contributed by atoms with Crippen LogP contribution in [0.5, 0.6) is 0 Å². The molecule has 14 aromatic carbocycles. The van der Waals surface area contributed by atoms with Gasteiger partial charge in [0.2, 0.25) is 0 Å². The number of benzene rings is 14. The van der Waals surface area contributed by atoms with Gasteiger partial charge in [0.1, 0.15) is 0 Å². The maximum atomic E-state index is 5.45. The van der Waals surface area contributed by atoms with Crippen LogP contribution >= 0.6 is 0 Å². The van der Waals surface area contributed by atoms with Gasteiger partial charge in [-0.3, -0.25) is 9.97 Å². The van der Waals surface area contributed by atoms with Crippen LogP contribution < -0.4 is 0 Å². The Bertz CT molecular complexity index is 6350. The van der Waals surface area contributed by atoms with Crippen LogP contribution in [0.4, 0.5) is 0 Å². The second kappa shape index (κ2) is 25.0. The molecule has 6 nitrogen and oxygen atoms in total. The highest BCUT2D eigenvalue weighted by atomic mass is 14.9. The summed E-state index contributed by atoms with van der Waals surface area (Å²) in [5, 5.41) is 5.21. The number of hydrogen-bond donors (Lipinski definition) is 0. The van der Waals surface area contributed by atoms with Crippen molar-refractivity contribution in [3.05, 3.63) is 365 Å². The zero-order valence-corrected chi connectivity index (χ0v) is 56.3. The van der Waals surface area contributed by atoms with Gasteiger partial charge in [-0.2, -0.15) is 0 Å². The topological polar surface area (TPSA) is 77.3 Å². The highest BCUT2D eigenvalue weighted by Gasteiger charge is 2.26. The molecule has 0 N–H and O–H groups in total. The van der Waals surface area contributed by atoms with Crippen molar-refractivity contribution in [3.63, 3.8) is 0 Å². The van der Waals surface area contributed by atoms with E-state index in [-0.39, 0.29) is 0 Å². The number of nitrogens with zero attached hydrogens (tertiary/aromatic N) is 6. The third-order valence-corrected chi connectivity index (χ3v) is 20.9. The van der Waals surface area contributed by atoms with Crippen molar-refractivity contribution in [2.24, 2.45) is 0 Å². The minimum Gasteiger partial charge on any atom is -0.264 e. The van der Waals surface area contributed by atoms with Crippen molar-refractivity contribution in [1.82, 2.24) is 29.9 Å². The van der Waals surface area contributed by atoms with E-state index in [0.29, 0.717) is 11.6 Å². The van der Waals surface area contributed by atoms with Gasteiger partial charge in [0.25, 0.3) is 0 Å². The molecule has 104 heavy (non-hydrogen) atoms. The van der Waals surface area contributed by atoms with Crippen LogP contribution in [-0.2, 0) is 0 Å². The van der Waals surface area contributed by atoms with Gasteiger partial charge >= 0.3 is 0 Å². The van der Waals surface area contributed by atoms with Crippen LogP contribution in [0.2, 0.25) is 0 Å². The van der Waals surface area contributed by atoms with Crippen LogP contribution in [0.3, 0.4) is 0 Å². The standard InChI is InChI=1S/C98H60N6/c1-2-15-69(16-3-1)97-101-91(68-47-39-64(40-48-68)62-35-43-66(44-36-62)77-50-52-88-82-26-7-5-24-80(82)86-31-12-29-84(77)96(86)88)58-93(104-97)89-32-10-27-78(94(89)75-22-14-54-100-60-75)71-18-9-20-73(56-71)98-102-90(57-92(103-98)72-19-8-17-70(55-72)74-21-13-53-99-59-74)67-45-37-63(38-46-67)61-33-41-65(42-34-61)76-49-51-87-81-25-6-4-23-79(81)85-30-11-28-83(76)95(85)87/h1-60H. The summed E-state index contributed by atoms with van der Waals surface area (Å²) >= 11 is 0. The van der Waals surface area contributed by atoms with E-state index in [0.717, 1.165) is 112 Å². The van der Waals surface area contributed by atoms with E-state index in [4.69, 9.17) is 24.9 Å². The lowest BCUT2D eigenvalue weighted by Crippen LogP contribution is -1.99. The second-order valence-electron chi connectivity index (χ2n) is 26.8. The smallest absolute Gasteiger partial charge is 0.160 e. The molecule has 18 aromatic rings. The van der Waals surface area contributed by atoms with E-state index in [9.17, 15) is 0 Å². The molecule has 4 heterocycles. The fourth-order valence-corrected chi connectivity index (χ4v) is 15.8. The zero-order chi connectivity index (χ0) is 68.6. The summed E-state index contributed by atoms with van der Waals surface area (Å²) in [6.07, 6.45) is 7.47. The molecule has 0 saturated heterocycles. The van der Waals surface area contributed by atoms with Crippen LogP contribution in [-0.4, -0.2) is 29.9 Å². The monoisotopic (exact) mass is 1320 g/mol. The van der Waals surface area contributed by atoms with Crippen LogP contribution in [0.1, 0.15) is 0 Å². The van der Waals surface area contributed by atoms with E-state index in [1.54, 1.807) is 6.20 Å². The molecule has 2 aliphatic rings. The Labute approximate surface area is 602 Å². The summed E-state index contributed by atoms with van der Waals surface area (Å²) in [6, 6.07) is 122. The molecule has 0 aliphatic heterocycles. The third kappa shape index (κ3) is 10.5. The molecule has 4 aromatic heterocycles. The normalized spacial score (nSPS) is 11.7. The van der Waals surface area contributed by atoms with Crippen molar-refractivity contribution in [3.8, 4) is 190 Å². The molecule has 0 radical (unpaired) electrons. The fraction of sp³-hybridized carbons (Fsp3) is 0. The van der Waals surface area contributed by atoms with Gasteiger partial charge in [0.05, 0.1) is 22.8 Å². The Balaban J connectivity index is 0.643. The van der Waals surface area contributed by atoms with Crippen molar-refractivity contribution < 1.29 is 0 Å². The largest absolute Gasteiger partial charge is 0.264 e. The van der Waals surface area contributed by atoms with Gasteiger partial charge in [0.15, 0.2) is 11.6 Å². The van der Waals surface area contributed by atoms with Crippen molar-refractivity contribution in [1.29, 1.82) is 0 Å². The minimum absolute atomic E-state index is 0.604. The summed E-state index contributed by atoms with van der Waals surface area (Å²) in [4.78, 5) is 30.8. The molecule has 0 amide bonds. The average Bonchev–Trinajstić information content (AvgIpc) is 1.58. The first-order chi connectivity index (χ1) is 51.5. The first kappa shape index (κ1) is 60.1. The Morgan fingerprint density at radius 3 is 1.04 bits per heavy atom. The summed E-state index contributed by atoms with van der Waals surface area (Å²) in [5.74, 6) is 1.24.